The summed E-state index contributed by atoms with van der Waals surface area (Å²) in [6, 6.07) is 8.89. The highest BCUT2D eigenvalue weighted by Gasteiger charge is 2.08. The largest absolute Gasteiger partial charge is 0.508 e. The number of nitro groups is 1. The van der Waals surface area contributed by atoms with Crippen molar-refractivity contribution >= 4 is 17.8 Å². The zero-order valence-corrected chi connectivity index (χ0v) is 11.1. The van der Waals surface area contributed by atoms with Gasteiger partial charge >= 0.3 is 0 Å². The molecule has 3 N–H and O–H groups in total. The van der Waals surface area contributed by atoms with Gasteiger partial charge in [0.1, 0.15) is 11.5 Å². The molecule has 0 fully saturated rings. The number of nitro benzene ring substituents is 1. The van der Waals surface area contributed by atoms with Crippen molar-refractivity contribution in [2.75, 3.05) is 0 Å². The minimum absolute atomic E-state index is 0.0547. The van der Waals surface area contributed by atoms with Gasteiger partial charge in [-0.2, -0.15) is 5.10 Å². The predicted octanol–water partition coefficient (Wildman–Crippen LogP) is 1.77. The molecule has 0 saturated carbocycles. The van der Waals surface area contributed by atoms with E-state index < -0.39 is 10.8 Å². The molecule has 2 aromatic rings. The van der Waals surface area contributed by atoms with E-state index >= 15 is 0 Å². The second-order valence-electron chi connectivity index (χ2n) is 4.25. The number of phenolic OH excluding ortho intramolecular Hbond substituents is 2. The monoisotopic (exact) mass is 301 g/mol. The number of hydrazone groups is 1. The molecule has 0 unspecified atom stereocenters. The van der Waals surface area contributed by atoms with Gasteiger partial charge in [-0.1, -0.05) is 0 Å². The Morgan fingerprint density at radius 1 is 1.18 bits per heavy atom. The molecular weight excluding hydrogens is 290 g/mol. The molecule has 0 bridgehead atoms. The van der Waals surface area contributed by atoms with Crippen LogP contribution in [0.1, 0.15) is 15.9 Å². The molecule has 112 valence electrons. The molecule has 0 heterocycles. The first-order valence-corrected chi connectivity index (χ1v) is 6.07. The zero-order chi connectivity index (χ0) is 16.1. The van der Waals surface area contributed by atoms with Crippen molar-refractivity contribution in [2.24, 2.45) is 5.10 Å². The van der Waals surface area contributed by atoms with Crippen LogP contribution in [0.5, 0.6) is 11.5 Å². The second kappa shape index (κ2) is 6.35. The topological polar surface area (TPSA) is 125 Å². The Labute approximate surface area is 124 Å². The number of phenols is 2. The van der Waals surface area contributed by atoms with E-state index in [4.69, 9.17) is 0 Å². The molecule has 0 saturated heterocycles. The summed E-state index contributed by atoms with van der Waals surface area (Å²) in [6.07, 6.45) is 1.17. The highest BCUT2D eigenvalue weighted by Crippen LogP contribution is 2.20. The van der Waals surface area contributed by atoms with E-state index in [1.807, 2.05) is 0 Å². The van der Waals surface area contributed by atoms with Crippen LogP contribution in [0.15, 0.2) is 47.6 Å². The van der Waals surface area contributed by atoms with Crippen LogP contribution in [0.4, 0.5) is 5.69 Å². The first kappa shape index (κ1) is 15.0. The number of hydrogen-bond donors (Lipinski definition) is 3. The number of hydrogen-bond acceptors (Lipinski definition) is 6. The summed E-state index contributed by atoms with van der Waals surface area (Å²) in [7, 11) is 0. The Kier molecular flexibility index (Phi) is 4.33. The SMILES string of the molecule is O=C(N/N=C/c1cc(O)ccc1O)c1ccc([N+](=O)[O-])cc1. The molecule has 2 rings (SSSR count). The van der Waals surface area contributed by atoms with Gasteiger partial charge in [0.15, 0.2) is 0 Å². The number of benzene rings is 2. The van der Waals surface area contributed by atoms with E-state index in [9.17, 15) is 25.1 Å². The highest BCUT2D eigenvalue weighted by molar-refractivity contribution is 5.95. The summed E-state index contributed by atoms with van der Waals surface area (Å²) in [4.78, 5) is 21.7. The lowest BCUT2D eigenvalue weighted by Crippen LogP contribution is -2.17. The normalized spacial score (nSPS) is 10.5. The Morgan fingerprint density at radius 3 is 2.50 bits per heavy atom. The van der Waals surface area contributed by atoms with Gasteiger partial charge in [-0.3, -0.25) is 14.9 Å². The quantitative estimate of drug-likeness (QED) is 0.343. The summed E-state index contributed by atoms with van der Waals surface area (Å²) in [5.74, 6) is -0.724. The molecular formula is C14H11N3O5. The Bertz CT molecular complexity index is 741. The van der Waals surface area contributed by atoms with Crippen molar-refractivity contribution in [1.82, 2.24) is 5.43 Å². The summed E-state index contributed by atoms with van der Waals surface area (Å²) in [5, 5.41) is 33.0. The lowest BCUT2D eigenvalue weighted by molar-refractivity contribution is -0.384. The fourth-order valence-corrected chi connectivity index (χ4v) is 1.60. The number of non-ortho nitro benzene ring substituents is 1. The molecule has 8 nitrogen and oxygen atoms in total. The molecule has 0 aliphatic heterocycles. The maximum Gasteiger partial charge on any atom is 0.271 e. The zero-order valence-electron chi connectivity index (χ0n) is 11.1. The van der Waals surface area contributed by atoms with Gasteiger partial charge in [-0.15, -0.1) is 0 Å². The molecule has 0 aromatic heterocycles. The number of nitrogens with zero attached hydrogens (tertiary/aromatic N) is 2. The molecule has 1 amide bonds. The minimum Gasteiger partial charge on any atom is -0.508 e. The van der Waals surface area contributed by atoms with Gasteiger partial charge in [0, 0.05) is 23.3 Å². The van der Waals surface area contributed by atoms with Crippen molar-refractivity contribution in [3.05, 3.63) is 63.7 Å². The number of nitrogens with one attached hydrogen (secondary N) is 1. The van der Waals surface area contributed by atoms with Crippen molar-refractivity contribution in [2.45, 2.75) is 0 Å². The third-order valence-electron chi connectivity index (χ3n) is 2.72. The number of rotatable bonds is 4. The van der Waals surface area contributed by atoms with Gasteiger partial charge in [-0.25, -0.2) is 5.43 Å². The molecule has 22 heavy (non-hydrogen) atoms. The van der Waals surface area contributed by atoms with Crippen LogP contribution in [-0.2, 0) is 0 Å². The second-order valence-corrected chi connectivity index (χ2v) is 4.25. The summed E-state index contributed by atoms with van der Waals surface area (Å²) in [5.41, 5.74) is 2.51. The number of carbonyl (C=O) groups is 1. The first-order chi connectivity index (χ1) is 10.5. The van der Waals surface area contributed by atoms with Gasteiger partial charge in [-0.05, 0) is 30.3 Å². The highest BCUT2D eigenvalue weighted by atomic mass is 16.6. The molecule has 0 aliphatic carbocycles. The van der Waals surface area contributed by atoms with E-state index in [1.54, 1.807) is 0 Å². The Balaban J connectivity index is 2.04. The standard InChI is InChI=1S/C14H11N3O5/c18-12-5-6-13(19)10(7-12)8-15-16-14(20)9-1-3-11(4-2-9)17(21)22/h1-8,18-19H,(H,16,20)/b15-8+. The van der Waals surface area contributed by atoms with Gasteiger partial charge in [0.05, 0.1) is 11.1 Å². The maximum atomic E-state index is 11.8. The van der Waals surface area contributed by atoms with Crippen LogP contribution >= 0.6 is 0 Å². The fraction of sp³-hybridized carbons (Fsp3) is 0. The van der Waals surface area contributed by atoms with Crippen molar-refractivity contribution < 1.29 is 19.9 Å². The van der Waals surface area contributed by atoms with Crippen LogP contribution in [0, 0.1) is 10.1 Å². The molecule has 2 aromatic carbocycles. The fourth-order valence-electron chi connectivity index (χ4n) is 1.60. The van der Waals surface area contributed by atoms with Crippen molar-refractivity contribution in [1.29, 1.82) is 0 Å². The van der Waals surface area contributed by atoms with E-state index in [0.717, 1.165) is 0 Å². The number of aromatic hydroxyl groups is 2. The Hall–Kier alpha value is -3.42. The third-order valence-corrected chi connectivity index (χ3v) is 2.72. The summed E-state index contributed by atoms with van der Waals surface area (Å²) >= 11 is 0. The van der Waals surface area contributed by atoms with Crippen molar-refractivity contribution in [3.63, 3.8) is 0 Å². The smallest absolute Gasteiger partial charge is 0.271 e. The van der Waals surface area contributed by atoms with Crippen LogP contribution in [0.2, 0.25) is 0 Å². The average Bonchev–Trinajstić information content (AvgIpc) is 2.50. The molecule has 0 atom stereocenters. The van der Waals surface area contributed by atoms with E-state index in [2.05, 4.69) is 10.5 Å². The van der Waals surface area contributed by atoms with Gasteiger partial charge in [0.25, 0.3) is 11.6 Å². The lowest BCUT2D eigenvalue weighted by Gasteiger charge is -2.01. The number of amides is 1. The average molecular weight is 301 g/mol. The summed E-state index contributed by atoms with van der Waals surface area (Å²) in [6.45, 7) is 0. The molecule has 0 spiro atoms. The molecule has 0 radical (unpaired) electrons. The lowest BCUT2D eigenvalue weighted by atomic mass is 10.2. The third kappa shape index (κ3) is 3.57. The molecule has 0 aliphatic rings. The number of carbonyl (C=O) groups excluding carboxylic acids is 1. The van der Waals surface area contributed by atoms with E-state index in [-0.39, 0.29) is 28.3 Å². The van der Waals surface area contributed by atoms with E-state index in [1.165, 1.54) is 48.7 Å². The van der Waals surface area contributed by atoms with Crippen LogP contribution < -0.4 is 5.43 Å². The maximum absolute atomic E-state index is 11.8. The summed E-state index contributed by atoms with van der Waals surface area (Å²) < 4.78 is 0. The first-order valence-electron chi connectivity index (χ1n) is 6.07. The predicted molar refractivity (Wildman–Crippen MR) is 77.9 cm³/mol. The van der Waals surface area contributed by atoms with Crippen molar-refractivity contribution in [3.8, 4) is 11.5 Å². The van der Waals surface area contributed by atoms with E-state index in [0.29, 0.717) is 0 Å². The molecule has 8 heteroatoms. The van der Waals surface area contributed by atoms with Gasteiger partial charge < -0.3 is 10.2 Å². The van der Waals surface area contributed by atoms with Crippen LogP contribution in [-0.4, -0.2) is 27.3 Å². The minimum atomic E-state index is -0.565. The van der Waals surface area contributed by atoms with Crippen LogP contribution in [0.3, 0.4) is 0 Å². The van der Waals surface area contributed by atoms with Crippen LogP contribution in [0.25, 0.3) is 0 Å². The van der Waals surface area contributed by atoms with Gasteiger partial charge in [0.2, 0.25) is 0 Å². The Morgan fingerprint density at radius 2 is 1.86 bits per heavy atom.